The number of aromatic nitrogens is 2. The first-order chi connectivity index (χ1) is 9.27. The van der Waals surface area contributed by atoms with E-state index in [9.17, 15) is 10.1 Å². The zero-order valence-electron chi connectivity index (χ0n) is 12.7. The molecule has 0 aromatic carbocycles. The largest absolute Gasteiger partial charge is 0.364 e. The number of hydrogen-bond donors (Lipinski definition) is 2. The molecule has 0 saturated carbocycles. The maximum atomic E-state index is 11.0. The van der Waals surface area contributed by atoms with Crippen LogP contribution in [0.25, 0.3) is 0 Å². The Kier molecular flexibility index (Phi) is 5.24. The number of anilines is 2. The van der Waals surface area contributed by atoms with E-state index in [0.717, 1.165) is 0 Å². The number of hydrogen-bond acceptors (Lipinski definition) is 6. The molecule has 1 aromatic rings. The standard InChI is InChI=1S/C13H23N5O2/c1-6-14-12-15-7-10(18(19)20)11(17-12)16-8-13(4,5)9(2)3/h7,9H,6,8H2,1-5H3,(H2,14,15,16,17). The van der Waals surface area contributed by atoms with Crippen molar-refractivity contribution >= 4 is 17.5 Å². The zero-order valence-corrected chi connectivity index (χ0v) is 12.7. The third-order valence-corrected chi connectivity index (χ3v) is 3.58. The van der Waals surface area contributed by atoms with Gasteiger partial charge in [-0.1, -0.05) is 27.7 Å². The lowest BCUT2D eigenvalue weighted by Gasteiger charge is -2.29. The Balaban J connectivity index is 2.96. The van der Waals surface area contributed by atoms with Crippen LogP contribution >= 0.6 is 0 Å². The predicted octanol–water partition coefficient (Wildman–Crippen LogP) is 2.91. The fourth-order valence-electron chi connectivity index (χ4n) is 1.40. The second-order valence-electron chi connectivity index (χ2n) is 5.71. The van der Waals surface area contributed by atoms with E-state index in [1.807, 2.05) is 6.92 Å². The fraction of sp³-hybridized carbons (Fsp3) is 0.692. The highest BCUT2D eigenvalue weighted by Crippen LogP contribution is 2.28. The Morgan fingerprint density at radius 1 is 1.40 bits per heavy atom. The first-order valence-corrected chi connectivity index (χ1v) is 6.77. The minimum absolute atomic E-state index is 0.0111. The molecule has 112 valence electrons. The second-order valence-corrected chi connectivity index (χ2v) is 5.71. The van der Waals surface area contributed by atoms with Crippen LogP contribution in [0.3, 0.4) is 0 Å². The average molecular weight is 281 g/mol. The van der Waals surface area contributed by atoms with Gasteiger partial charge in [-0.15, -0.1) is 0 Å². The van der Waals surface area contributed by atoms with E-state index in [2.05, 4.69) is 48.3 Å². The zero-order chi connectivity index (χ0) is 15.3. The Morgan fingerprint density at radius 3 is 2.55 bits per heavy atom. The highest BCUT2D eigenvalue weighted by atomic mass is 16.6. The van der Waals surface area contributed by atoms with E-state index in [-0.39, 0.29) is 16.9 Å². The van der Waals surface area contributed by atoms with Gasteiger partial charge in [-0.25, -0.2) is 4.98 Å². The quantitative estimate of drug-likeness (QED) is 0.589. The van der Waals surface area contributed by atoms with E-state index in [1.165, 1.54) is 6.20 Å². The molecular weight excluding hydrogens is 258 g/mol. The molecule has 7 nitrogen and oxygen atoms in total. The predicted molar refractivity (Wildman–Crippen MR) is 80.0 cm³/mol. The smallest absolute Gasteiger partial charge is 0.329 e. The van der Waals surface area contributed by atoms with Crippen LogP contribution in [0.2, 0.25) is 0 Å². The molecular formula is C13H23N5O2. The summed E-state index contributed by atoms with van der Waals surface area (Å²) in [5.74, 6) is 1.10. The number of nitrogens with one attached hydrogen (secondary N) is 2. The Bertz CT molecular complexity index is 474. The average Bonchev–Trinajstić information content (AvgIpc) is 2.36. The summed E-state index contributed by atoms with van der Waals surface area (Å²) in [6.07, 6.45) is 1.23. The molecule has 1 aromatic heterocycles. The Hall–Kier alpha value is -1.92. The van der Waals surface area contributed by atoms with E-state index in [4.69, 9.17) is 0 Å². The van der Waals surface area contributed by atoms with Gasteiger partial charge in [0.1, 0.15) is 6.20 Å². The van der Waals surface area contributed by atoms with Gasteiger partial charge in [-0.05, 0) is 18.3 Å². The monoisotopic (exact) mass is 281 g/mol. The number of rotatable bonds is 7. The van der Waals surface area contributed by atoms with Crippen molar-refractivity contribution in [1.29, 1.82) is 0 Å². The molecule has 7 heteroatoms. The summed E-state index contributed by atoms with van der Waals surface area (Å²) >= 11 is 0. The molecule has 0 fully saturated rings. The second kappa shape index (κ2) is 6.49. The lowest BCUT2D eigenvalue weighted by Crippen LogP contribution is -2.29. The summed E-state index contributed by atoms with van der Waals surface area (Å²) in [5.41, 5.74) is -0.0943. The lowest BCUT2D eigenvalue weighted by atomic mass is 9.81. The van der Waals surface area contributed by atoms with Crippen molar-refractivity contribution in [3.63, 3.8) is 0 Å². The van der Waals surface area contributed by atoms with Crippen LogP contribution in [0.4, 0.5) is 17.5 Å². The van der Waals surface area contributed by atoms with E-state index < -0.39 is 4.92 Å². The normalized spacial score (nSPS) is 11.5. The third kappa shape index (κ3) is 4.04. The Morgan fingerprint density at radius 2 is 2.05 bits per heavy atom. The summed E-state index contributed by atoms with van der Waals surface area (Å²) in [7, 11) is 0. The first kappa shape index (κ1) is 16.1. The van der Waals surface area contributed by atoms with Crippen LogP contribution in [0, 0.1) is 21.4 Å². The van der Waals surface area contributed by atoms with Crippen molar-refractivity contribution < 1.29 is 4.92 Å². The molecule has 2 N–H and O–H groups in total. The van der Waals surface area contributed by atoms with Crippen LogP contribution in [-0.2, 0) is 0 Å². The highest BCUT2D eigenvalue weighted by molar-refractivity contribution is 5.57. The molecule has 1 rings (SSSR count). The third-order valence-electron chi connectivity index (χ3n) is 3.58. The van der Waals surface area contributed by atoms with Gasteiger partial charge < -0.3 is 10.6 Å². The summed E-state index contributed by atoms with van der Waals surface area (Å²) < 4.78 is 0. The maximum Gasteiger partial charge on any atom is 0.329 e. The van der Waals surface area contributed by atoms with Crippen molar-refractivity contribution in [2.45, 2.75) is 34.6 Å². The van der Waals surface area contributed by atoms with Gasteiger partial charge in [0.15, 0.2) is 0 Å². The molecule has 0 aliphatic heterocycles. The molecule has 0 amide bonds. The van der Waals surface area contributed by atoms with E-state index >= 15 is 0 Å². The van der Waals surface area contributed by atoms with Gasteiger partial charge in [0.05, 0.1) is 4.92 Å². The summed E-state index contributed by atoms with van der Waals surface area (Å²) in [4.78, 5) is 18.6. The van der Waals surface area contributed by atoms with Gasteiger partial charge in [0, 0.05) is 13.1 Å². The molecule has 0 aliphatic carbocycles. The van der Waals surface area contributed by atoms with Gasteiger partial charge in [-0.3, -0.25) is 10.1 Å². The van der Waals surface area contributed by atoms with Crippen LogP contribution in [0.15, 0.2) is 6.20 Å². The van der Waals surface area contributed by atoms with Crippen LogP contribution in [-0.4, -0.2) is 28.0 Å². The molecule has 0 radical (unpaired) electrons. The van der Waals surface area contributed by atoms with Crippen molar-refractivity contribution in [2.75, 3.05) is 23.7 Å². The minimum Gasteiger partial charge on any atom is -0.364 e. The molecule has 0 atom stereocenters. The summed E-state index contributed by atoms with van der Waals surface area (Å²) in [6, 6.07) is 0. The highest BCUT2D eigenvalue weighted by Gasteiger charge is 2.24. The van der Waals surface area contributed by atoms with Gasteiger partial charge in [0.25, 0.3) is 0 Å². The summed E-state index contributed by atoms with van der Waals surface area (Å²) in [6.45, 7) is 11.7. The maximum absolute atomic E-state index is 11.0. The molecule has 0 bridgehead atoms. The molecule has 0 spiro atoms. The van der Waals surface area contributed by atoms with Gasteiger partial charge in [0.2, 0.25) is 11.8 Å². The fourth-order valence-corrected chi connectivity index (χ4v) is 1.40. The van der Waals surface area contributed by atoms with Crippen LogP contribution in [0.1, 0.15) is 34.6 Å². The Labute approximate surface area is 119 Å². The van der Waals surface area contributed by atoms with Crippen molar-refractivity contribution in [3.05, 3.63) is 16.3 Å². The minimum atomic E-state index is -0.472. The number of nitrogens with zero attached hydrogens (tertiary/aromatic N) is 3. The topological polar surface area (TPSA) is 93.0 Å². The van der Waals surface area contributed by atoms with Crippen LogP contribution < -0.4 is 10.6 Å². The van der Waals surface area contributed by atoms with Gasteiger partial charge >= 0.3 is 5.69 Å². The molecule has 20 heavy (non-hydrogen) atoms. The lowest BCUT2D eigenvalue weighted by molar-refractivity contribution is -0.384. The molecule has 1 heterocycles. The molecule has 0 saturated heterocycles. The van der Waals surface area contributed by atoms with Gasteiger partial charge in [-0.2, -0.15) is 4.98 Å². The SMILES string of the molecule is CCNc1ncc([N+](=O)[O-])c(NCC(C)(C)C(C)C)n1. The van der Waals surface area contributed by atoms with E-state index in [1.54, 1.807) is 0 Å². The summed E-state index contributed by atoms with van der Waals surface area (Å²) in [5, 5.41) is 17.0. The van der Waals surface area contributed by atoms with Crippen molar-refractivity contribution in [2.24, 2.45) is 11.3 Å². The van der Waals surface area contributed by atoms with Crippen molar-refractivity contribution in [1.82, 2.24) is 9.97 Å². The molecule has 0 aliphatic rings. The van der Waals surface area contributed by atoms with Crippen LogP contribution in [0.5, 0.6) is 0 Å². The molecule has 0 unspecified atom stereocenters. The van der Waals surface area contributed by atoms with E-state index in [0.29, 0.717) is 25.0 Å². The first-order valence-electron chi connectivity index (χ1n) is 6.77. The van der Waals surface area contributed by atoms with Crippen molar-refractivity contribution in [3.8, 4) is 0 Å². The number of nitro groups is 1.